The van der Waals surface area contributed by atoms with Crippen LogP contribution in [0.15, 0.2) is 24.3 Å². The number of likely N-dealkylation sites (N-methyl/N-ethyl adjacent to an activating group) is 2. The van der Waals surface area contributed by atoms with E-state index in [1.165, 1.54) is 0 Å². The Labute approximate surface area is 134 Å². The first kappa shape index (κ1) is 19.9. The van der Waals surface area contributed by atoms with Crippen LogP contribution in [0.1, 0.15) is 29.8 Å². The zero-order valence-corrected chi connectivity index (χ0v) is 14.1. The van der Waals surface area contributed by atoms with Gasteiger partial charge >= 0.3 is 0 Å². The summed E-state index contributed by atoms with van der Waals surface area (Å²) in [5.74, 6) is 0.0314. The van der Waals surface area contributed by atoms with Gasteiger partial charge in [0.2, 0.25) is 0 Å². The summed E-state index contributed by atoms with van der Waals surface area (Å²) in [4.78, 5) is 14.5. The number of carbonyl (C=O) groups is 1. The van der Waals surface area contributed by atoms with Gasteiger partial charge in [0.1, 0.15) is 0 Å². The summed E-state index contributed by atoms with van der Waals surface area (Å²) in [7, 11) is 1.92. The van der Waals surface area contributed by atoms with Crippen LogP contribution >= 0.6 is 12.4 Å². The minimum absolute atomic E-state index is 0. The molecule has 0 saturated heterocycles. The Morgan fingerprint density at radius 1 is 1.14 bits per heavy atom. The zero-order chi connectivity index (χ0) is 14.8. The molecule has 1 rings (SSSR count). The van der Waals surface area contributed by atoms with Crippen molar-refractivity contribution in [2.75, 3.05) is 39.8 Å². The lowest BCUT2D eigenvalue weighted by molar-refractivity contribution is 0.0948. The summed E-state index contributed by atoms with van der Waals surface area (Å²) < 4.78 is 0. The topological polar surface area (TPSA) is 44.4 Å². The van der Waals surface area contributed by atoms with Gasteiger partial charge in [0.15, 0.2) is 0 Å². The van der Waals surface area contributed by atoms with Crippen molar-refractivity contribution >= 4 is 18.3 Å². The van der Waals surface area contributed by atoms with Gasteiger partial charge in [0.25, 0.3) is 5.91 Å². The second kappa shape index (κ2) is 11.5. The van der Waals surface area contributed by atoms with Gasteiger partial charge in [0, 0.05) is 18.7 Å². The SMILES string of the molecule is CCN(CC)CCNC(=O)c1ccccc1CCNC.Cl. The maximum atomic E-state index is 12.2. The fourth-order valence-corrected chi connectivity index (χ4v) is 2.18. The highest BCUT2D eigenvalue weighted by molar-refractivity contribution is 5.95. The molecule has 0 heterocycles. The molecule has 4 nitrogen and oxygen atoms in total. The second-order valence-electron chi connectivity index (χ2n) is 4.79. The van der Waals surface area contributed by atoms with Crippen LogP contribution in [0.25, 0.3) is 0 Å². The van der Waals surface area contributed by atoms with E-state index in [-0.39, 0.29) is 18.3 Å². The molecule has 0 bridgehead atoms. The summed E-state index contributed by atoms with van der Waals surface area (Å²) in [5, 5.41) is 6.13. The van der Waals surface area contributed by atoms with E-state index in [2.05, 4.69) is 29.4 Å². The number of halogens is 1. The predicted molar refractivity (Wildman–Crippen MR) is 91.4 cm³/mol. The molecule has 0 atom stereocenters. The fourth-order valence-electron chi connectivity index (χ4n) is 2.18. The number of carbonyl (C=O) groups excluding carboxylic acids is 1. The predicted octanol–water partition coefficient (Wildman–Crippen LogP) is 1.94. The van der Waals surface area contributed by atoms with E-state index in [0.717, 1.165) is 43.7 Å². The summed E-state index contributed by atoms with van der Waals surface area (Å²) >= 11 is 0. The molecule has 0 aliphatic carbocycles. The van der Waals surface area contributed by atoms with Crippen molar-refractivity contribution in [2.45, 2.75) is 20.3 Å². The Balaban J connectivity index is 0.00000400. The van der Waals surface area contributed by atoms with Gasteiger partial charge in [-0.3, -0.25) is 4.79 Å². The standard InChI is InChI=1S/C16H27N3O.ClH/c1-4-19(5-2)13-12-18-16(20)15-9-7-6-8-14(15)10-11-17-3;/h6-9,17H,4-5,10-13H2,1-3H3,(H,18,20);1H. The smallest absolute Gasteiger partial charge is 0.251 e. The fraction of sp³-hybridized carbons (Fsp3) is 0.562. The van der Waals surface area contributed by atoms with Gasteiger partial charge in [-0.25, -0.2) is 0 Å². The van der Waals surface area contributed by atoms with E-state index in [4.69, 9.17) is 0 Å². The van der Waals surface area contributed by atoms with E-state index < -0.39 is 0 Å². The molecular weight excluding hydrogens is 286 g/mol. The molecule has 0 saturated carbocycles. The van der Waals surface area contributed by atoms with E-state index in [9.17, 15) is 4.79 Å². The van der Waals surface area contributed by atoms with Crippen LogP contribution in [0.5, 0.6) is 0 Å². The molecule has 0 aromatic heterocycles. The molecule has 1 amide bonds. The largest absolute Gasteiger partial charge is 0.351 e. The minimum Gasteiger partial charge on any atom is -0.351 e. The summed E-state index contributed by atoms with van der Waals surface area (Å²) in [6, 6.07) is 7.83. The van der Waals surface area contributed by atoms with Gasteiger partial charge < -0.3 is 15.5 Å². The highest BCUT2D eigenvalue weighted by Crippen LogP contribution is 2.09. The normalized spacial score (nSPS) is 10.3. The zero-order valence-electron chi connectivity index (χ0n) is 13.3. The van der Waals surface area contributed by atoms with Gasteiger partial charge in [0.05, 0.1) is 0 Å². The van der Waals surface area contributed by atoms with Crippen LogP contribution in [-0.4, -0.2) is 50.6 Å². The van der Waals surface area contributed by atoms with Crippen LogP contribution in [0.2, 0.25) is 0 Å². The Hall–Kier alpha value is -1.10. The molecule has 21 heavy (non-hydrogen) atoms. The van der Waals surface area contributed by atoms with E-state index in [0.29, 0.717) is 6.54 Å². The molecule has 0 unspecified atom stereocenters. The van der Waals surface area contributed by atoms with Crippen molar-refractivity contribution < 1.29 is 4.79 Å². The van der Waals surface area contributed by atoms with Crippen molar-refractivity contribution in [3.8, 4) is 0 Å². The number of nitrogens with zero attached hydrogens (tertiary/aromatic N) is 1. The maximum Gasteiger partial charge on any atom is 0.251 e. The van der Waals surface area contributed by atoms with Crippen molar-refractivity contribution in [3.05, 3.63) is 35.4 Å². The molecular formula is C16H28ClN3O. The molecule has 1 aromatic carbocycles. The molecule has 0 aliphatic heterocycles. The van der Waals surface area contributed by atoms with Crippen LogP contribution < -0.4 is 10.6 Å². The van der Waals surface area contributed by atoms with Gasteiger partial charge in [-0.2, -0.15) is 0 Å². The Morgan fingerprint density at radius 3 is 2.43 bits per heavy atom. The number of amides is 1. The number of benzene rings is 1. The quantitative estimate of drug-likeness (QED) is 0.732. The van der Waals surface area contributed by atoms with E-state index >= 15 is 0 Å². The second-order valence-corrected chi connectivity index (χ2v) is 4.79. The molecule has 120 valence electrons. The molecule has 2 N–H and O–H groups in total. The van der Waals surface area contributed by atoms with Crippen molar-refractivity contribution in [1.82, 2.24) is 15.5 Å². The third-order valence-electron chi connectivity index (χ3n) is 3.51. The molecule has 0 aliphatic rings. The molecule has 0 fully saturated rings. The maximum absolute atomic E-state index is 12.2. The van der Waals surface area contributed by atoms with Gasteiger partial charge in [-0.15, -0.1) is 12.4 Å². The third kappa shape index (κ3) is 6.93. The number of hydrogen-bond donors (Lipinski definition) is 2. The lowest BCUT2D eigenvalue weighted by Gasteiger charge is -2.18. The molecule has 5 heteroatoms. The molecule has 0 spiro atoms. The Morgan fingerprint density at radius 2 is 1.81 bits per heavy atom. The van der Waals surface area contributed by atoms with E-state index in [1.807, 2.05) is 31.3 Å². The lowest BCUT2D eigenvalue weighted by Crippen LogP contribution is -2.35. The van der Waals surface area contributed by atoms with Crippen molar-refractivity contribution in [1.29, 1.82) is 0 Å². The average molecular weight is 314 g/mol. The first-order valence-electron chi connectivity index (χ1n) is 7.46. The van der Waals surface area contributed by atoms with Crippen molar-refractivity contribution in [3.63, 3.8) is 0 Å². The monoisotopic (exact) mass is 313 g/mol. The number of hydrogen-bond acceptors (Lipinski definition) is 3. The first-order valence-corrected chi connectivity index (χ1v) is 7.46. The first-order chi connectivity index (χ1) is 9.72. The van der Waals surface area contributed by atoms with Crippen LogP contribution in [0.4, 0.5) is 0 Å². The van der Waals surface area contributed by atoms with Crippen LogP contribution in [0, 0.1) is 0 Å². The van der Waals surface area contributed by atoms with Crippen LogP contribution in [0.3, 0.4) is 0 Å². The lowest BCUT2D eigenvalue weighted by atomic mass is 10.0. The number of rotatable bonds is 9. The summed E-state index contributed by atoms with van der Waals surface area (Å²) in [5.41, 5.74) is 1.89. The van der Waals surface area contributed by atoms with Crippen LogP contribution in [-0.2, 0) is 6.42 Å². The van der Waals surface area contributed by atoms with Crippen molar-refractivity contribution in [2.24, 2.45) is 0 Å². The molecule has 1 aromatic rings. The third-order valence-corrected chi connectivity index (χ3v) is 3.51. The average Bonchev–Trinajstić information content (AvgIpc) is 2.49. The Bertz CT molecular complexity index is 408. The number of nitrogens with one attached hydrogen (secondary N) is 2. The minimum atomic E-state index is 0. The van der Waals surface area contributed by atoms with Gasteiger partial charge in [-0.1, -0.05) is 32.0 Å². The molecule has 0 radical (unpaired) electrons. The van der Waals surface area contributed by atoms with E-state index in [1.54, 1.807) is 0 Å². The Kier molecular flexibility index (Phi) is 10.9. The summed E-state index contributed by atoms with van der Waals surface area (Å²) in [6.07, 6.45) is 0.871. The summed E-state index contributed by atoms with van der Waals surface area (Å²) in [6.45, 7) is 8.79. The highest BCUT2D eigenvalue weighted by Gasteiger charge is 2.10. The highest BCUT2D eigenvalue weighted by atomic mass is 35.5. The van der Waals surface area contributed by atoms with Gasteiger partial charge in [-0.05, 0) is 44.7 Å².